The molecular weight excluding hydrogens is 388 g/mol. The highest BCUT2D eigenvalue weighted by molar-refractivity contribution is 5.89. The van der Waals surface area contributed by atoms with Crippen molar-refractivity contribution in [2.75, 3.05) is 7.11 Å². The SMILES string of the molecule is COc1ccc(C2Oc3cc(C(=O)O)ccc3C=C2C23CC4CC(CC(C4)C2)C3)cc1. The van der Waals surface area contributed by atoms with Crippen molar-refractivity contribution in [2.45, 2.75) is 44.6 Å². The standard InChI is InChI=1S/C27H28O4/c1-30-22-6-4-19(5-7-22)25-23(11-20-2-3-21(26(28)29)12-24(20)31-25)27-13-16-8-17(14-27)10-18(9-16)15-27/h2-7,11-12,16-18,25H,8-10,13-15H2,1H3,(H,28,29). The van der Waals surface area contributed by atoms with Gasteiger partial charge < -0.3 is 14.6 Å². The first kappa shape index (κ1) is 19.0. The Morgan fingerprint density at radius 1 is 1.00 bits per heavy atom. The molecule has 0 saturated heterocycles. The van der Waals surface area contributed by atoms with Crippen molar-refractivity contribution >= 4 is 12.0 Å². The minimum absolute atomic E-state index is 0.182. The van der Waals surface area contributed by atoms with E-state index in [0.29, 0.717) is 5.75 Å². The van der Waals surface area contributed by atoms with Gasteiger partial charge in [-0.05, 0) is 103 Å². The minimum Gasteiger partial charge on any atom is -0.497 e. The van der Waals surface area contributed by atoms with Gasteiger partial charge in [0.05, 0.1) is 12.7 Å². The number of fused-ring (bicyclic) bond motifs is 1. The predicted octanol–water partition coefficient (Wildman–Crippen LogP) is 6.13. The molecule has 0 aromatic heterocycles. The van der Waals surface area contributed by atoms with Crippen LogP contribution in [0, 0.1) is 23.2 Å². The molecule has 4 heteroatoms. The zero-order chi connectivity index (χ0) is 21.2. The lowest BCUT2D eigenvalue weighted by Crippen LogP contribution is -2.48. The summed E-state index contributed by atoms with van der Waals surface area (Å²) in [6.45, 7) is 0. The van der Waals surface area contributed by atoms with Gasteiger partial charge >= 0.3 is 5.97 Å². The van der Waals surface area contributed by atoms with Crippen molar-refractivity contribution in [3.8, 4) is 11.5 Å². The van der Waals surface area contributed by atoms with Crippen LogP contribution in [0.1, 0.15) is 66.1 Å². The van der Waals surface area contributed by atoms with Crippen LogP contribution >= 0.6 is 0 Å². The zero-order valence-electron chi connectivity index (χ0n) is 17.8. The van der Waals surface area contributed by atoms with Crippen molar-refractivity contribution < 1.29 is 19.4 Å². The molecule has 7 rings (SSSR count). The lowest BCUT2D eigenvalue weighted by atomic mass is 9.47. The van der Waals surface area contributed by atoms with Crippen LogP contribution in [-0.4, -0.2) is 18.2 Å². The van der Waals surface area contributed by atoms with Gasteiger partial charge in [0.2, 0.25) is 0 Å². The second-order valence-electron chi connectivity index (χ2n) is 10.1. The Kier molecular flexibility index (Phi) is 4.21. The number of ether oxygens (including phenoxy) is 2. The van der Waals surface area contributed by atoms with Gasteiger partial charge in [-0.15, -0.1) is 0 Å². The van der Waals surface area contributed by atoms with E-state index in [-0.39, 0.29) is 17.1 Å². The first-order valence-corrected chi connectivity index (χ1v) is 11.4. The highest BCUT2D eigenvalue weighted by Crippen LogP contribution is 2.65. The van der Waals surface area contributed by atoms with E-state index in [1.54, 1.807) is 19.2 Å². The Balaban J connectivity index is 1.47. The van der Waals surface area contributed by atoms with Gasteiger partial charge in [-0.3, -0.25) is 0 Å². The van der Waals surface area contributed by atoms with Crippen molar-refractivity contribution in [3.63, 3.8) is 0 Å². The minimum atomic E-state index is -0.928. The number of carboxylic acid groups (broad SMARTS) is 1. The van der Waals surface area contributed by atoms with Gasteiger partial charge in [-0.1, -0.05) is 18.2 Å². The lowest BCUT2D eigenvalue weighted by molar-refractivity contribution is -0.0396. The van der Waals surface area contributed by atoms with Gasteiger partial charge in [0.1, 0.15) is 17.6 Å². The third-order valence-electron chi connectivity index (χ3n) is 8.17. The normalized spacial score (nSPS) is 32.7. The number of methoxy groups -OCH3 is 1. The van der Waals surface area contributed by atoms with E-state index in [1.165, 1.54) is 44.1 Å². The molecule has 4 nitrogen and oxygen atoms in total. The fraction of sp³-hybridized carbons (Fsp3) is 0.444. The fourth-order valence-electron chi connectivity index (χ4n) is 7.24. The molecule has 2 aromatic rings. The van der Waals surface area contributed by atoms with Gasteiger partial charge in [0, 0.05) is 5.56 Å². The molecule has 1 N–H and O–H groups in total. The molecular formula is C27H28O4. The number of benzene rings is 2. The summed E-state index contributed by atoms with van der Waals surface area (Å²) in [6.07, 6.45) is 10.2. The average Bonchev–Trinajstić information content (AvgIpc) is 2.77. The molecule has 1 atom stereocenters. The molecule has 0 radical (unpaired) electrons. The van der Waals surface area contributed by atoms with Gasteiger partial charge in [-0.25, -0.2) is 4.79 Å². The molecule has 4 bridgehead atoms. The molecule has 1 unspecified atom stereocenters. The van der Waals surface area contributed by atoms with Gasteiger partial charge in [0.25, 0.3) is 0 Å². The highest BCUT2D eigenvalue weighted by Gasteiger charge is 2.54. The van der Waals surface area contributed by atoms with Crippen molar-refractivity contribution in [3.05, 3.63) is 64.7 Å². The molecule has 4 fully saturated rings. The van der Waals surface area contributed by atoms with E-state index >= 15 is 0 Å². The Morgan fingerprint density at radius 2 is 1.65 bits per heavy atom. The first-order valence-electron chi connectivity index (χ1n) is 11.4. The van der Waals surface area contributed by atoms with E-state index in [0.717, 1.165) is 34.6 Å². The van der Waals surface area contributed by atoms with Crippen molar-refractivity contribution in [1.82, 2.24) is 0 Å². The van der Waals surface area contributed by atoms with E-state index in [9.17, 15) is 9.90 Å². The largest absolute Gasteiger partial charge is 0.497 e. The molecule has 1 aliphatic heterocycles. The maximum atomic E-state index is 11.5. The van der Waals surface area contributed by atoms with Gasteiger partial charge in [0.15, 0.2) is 0 Å². The van der Waals surface area contributed by atoms with Crippen LogP contribution in [0.5, 0.6) is 11.5 Å². The van der Waals surface area contributed by atoms with E-state index in [1.807, 2.05) is 18.2 Å². The summed E-state index contributed by atoms with van der Waals surface area (Å²) >= 11 is 0. The fourth-order valence-corrected chi connectivity index (χ4v) is 7.24. The molecule has 1 heterocycles. The second kappa shape index (κ2) is 6.88. The molecule has 0 spiro atoms. The molecule has 5 aliphatic rings. The van der Waals surface area contributed by atoms with Crippen LogP contribution in [0.25, 0.3) is 6.08 Å². The summed E-state index contributed by atoms with van der Waals surface area (Å²) in [7, 11) is 1.68. The quantitative estimate of drug-likeness (QED) is 0.652. The number of aromatic carboxylic acids is 1. The zero-order valence-corrected chi connectivity index (χ0v) is 17.8. The summed E-state index contributed by atoms with van der Waals surface area (Å²) in [5, 5.41) is 9.45. The molecule has 4 aliphatic carbocycles. The summed E-state index contributed by atoms with van der Waals surface area (Å²) < 4.78 is 12.0. The topological polar surface area (TPSA) is 55.8 Å². The molecule has 0 amide bonds. The smallest absolute Gasteiger partial charge is 0.335 e. The van der Waals surface area contributed by atoms with Crippen molar-refractivity contribution in [1.29, 1.82) is 0 Å². The Labute approximate surface area is 182 Å². The van der Waals surface area contributed by atoms with Crippen LogP contribution in [0.3, 0.4) is 0 Å². The van der Waals surface area contributed by atoms with Crippen LogP contribution < -0.4 is 9.47 Å². The number of rotatable bonds is 4. The second-order valence-corrected chi connectivity index (χ2v) is 10.1. The molecule has 31 heavy (non-hydrogen) atoms. The van der Waals surface area contributed by atoms with Crippen LogP contribution in [-0.2, 0) is 0 Å². The number of hydrogen-bond donors (Lipinski definition) is 1. The van der Waals surface area contributed by atoms with E-state index < -0.39 is 5.97 Å². The lowest BCUT2D eigenvalue weighted by Gasteiger charge is -2.58. The maximum Gasteiger partial charge on any atom is 0.335 e. The van der Waals surface area contributed by atoms with E-state index in [4.69, 9.17) is 9.47 Å². The summed E-state index contributed by atoms with van der Waals surface area (Å²) in [4.78, 5) is 11.5. The number of carbonyl (C=O) groups is 1. The Morgan fingerprint density at radius 3 is 2.23 bits per heavy atom. The van der Waals surface area contributed by atoms with Crippen molar-refractivity contribution in [2.24, 2.45) is 23.2 Å². The first-order chi connectivity index (χ1) is 15.0. The average molecular weight is 417 g/mol. The highest BCUT2D eigenvalue weighted by atomic mass is 16.5. The summed E-state index contributed by atoms with van der Waals surface area (Å²) in [5.41, 5.74) is 3.98. The Hall–Kier alpha value is -2.75. The number of hydrogen-bond acceptors (Lipinski definition) is 3. The Bertz CT molecular complexity index is 1030. The van der Waals surface area contributed by atoms with Gasteiger partial charge in [-0.2, -0.15) is 0 Å². The third kappa shape index (κ3) is 3.07. The summed E-state index contributed by atoms with van der Waals surface area (Å²) in [5.74, 6) is 3.10. The summed E-state index contributed by atoms with van der Waals surface area (Å²) in [6, 6.07) is 13.4. The molecule has 160 valence electrons. The van der Waals surface area contributed by atoms with Crippen LogP contribution in [0.15, 0.2) is 48.0 Å². The van der Waals surface area contributed by atoms with Crippen LogP contribution in [0.4, 0.5) is 0 Å². The third-order valence-corrected chi connectivity index (χ3v) is 8.17. The monoisotopic (exact) mass is 416 g/mol. The maximum absolute atomic E-state index is 11.5. The molecule has 2 aromatic carbocycles. The predicted molar refractivity (Wildman–Crippen MR) is 118 cm³/mol. The van der Waals surface area contributed by atoms with E-state index in [2.05, 4.69) is 18.2 Å². The number of carboxylic acids is 1. The molecule has 4 saturated carbocycles. The van der Waals surface area contributed by atoms with Crippen LogP contribution in [0.2, 0.25) is 0 Å².